The standard InChI is InChI=1S/C40H47BrF2N4O3S/c1-6-50-35(49)14-12-26-9-7-10-28(21-26)40(4,17-8-16-39(2,3)25-51-20-19-48)38-45-37(47(5)46-38)31-23-27(11-13-32(31)42)22-30-33(43)24-34-29(36(30)41)15-18-44-34/h7,9-11,13,15,18,21,23-24,44,48H,6,8,12,14,16-17,19-20,22,25H2,1-5H3. The van der Waals surface area contributed by atoms with Crippen LogP contribution in [0.2, 0.25) is 0 Å². The number of aromatic nitrogens is 4. The van der Waals surface area contributed by atoms with E-state index in [0.717, 1.165) is 47.1 Å². The molecule has 11 heteroatoms. The number of aliphatic hydroxyl groups is 1. The summed E-state index contributed by atoms with van der Waals surface area (Å²) in [4.78, 5) is 20.2. The molecule has 2 aromatic heterocycles. The Labute approximate surface area is 311 Å². The van der Waals surface area contributed by atoms with Crippen molar-refractivity contribution in [3.63, 3.8) is 0 Å². The van der Waals surface area contributed by atoms with Crippen LogP contribution in [0.1, 0.15) is 81.5 Å². The highest BCUT2D eigenvalue weighted by atomic mass is 79.9. The first kappa shape index (κ1) is 38.7. The smallest absolute Gasteiger partial charge is 0.306 e. The second-order valence-corrected chi connectivity index (χ2v) is 16.0. The number of hydrogen-bond donors (Lipinski definition) is 2. The van der Waals surface area contributed by atoms with Crippen molar-refractivity contribution in [2.45, 2.75) is 71.6 Å². The molecule has 0 fully saturated rings. The van der Waals surface area contributed by atoms with Crippen molar-refractivity contribution in [1.82, 2.24) is 19.7 Å². The van der Waals surface area contributed by atoms with Crippen LogP contribution < -0.4 is 0 Å². The molecule has 0 spiro atoms. The topological polar surface area (TPSA) is 93.0 Å². The fraction of sp³-hybridized carbons (Fsp3) is 0.425. The van der Waals surface area contributed by atoms with Crippen molar-refractivity contribution in [3.8, 4) is 11.4 Å². The summed E-state index contributed by atoms with van der Waals surface area (Å²) in [7, 11) is 1.77. The number of esters is 1. The van der Waals surface area contributed by atoms with Gasteiger partial charge in [-0.25, -0.2) is 18.4 Å². The van der Waals surface area contributed by atoms with Crippen molar-refractivity contribution in [2.75, 3.05) is 24.7 Å². The van der Waals surface area contributed by atoms with Crippen LogP contribution in [-0.2, 0) is 34.8 Å². The van der Waals surface area contributed by atoms with Gasteiger partial charge < -0.3 is 14.8 Å². The summed E-state index contributed by atoms with van der Waals surface area (Å²) in [6, 6.07) is 16.4. The fourth-order valence-electron chi connectivity index (χ4n) is 6.59. The Hall–Kier alpha value is -3.54. The van der Waals surface area contributed by atoms with Gasteiger partial charge in [-0.15, -0.1) is 0 Å². The van der Waals surface area contributed by atoms with Crippen LogP contribution in [0.3, 0.4) is 0 Å². The molecule has 1 unspecified atom stereocenters. The zero-order valence-electron chi connectivity index (χ0n) is 30.0. The molecule has 0 bridgehead atoms. The third-order valence-corrected chi connectivity index (χ3v) is 11.9. The molecule has 0 saturated heterocycles. The number of benzene rings is 3. The van der Waals surface area contributed by atoms with Gasteiger partial charge >= 0.3 is 5.97 Å². The molecule has 0 radical (unpaired) electrons. The molecule has 7 nitrogen and oxygen atoms in total. The van der Waals surface area contributed by atoms with Gasteiger partial charge in [-0.2, -0.15) is 16.9 Å². The largest absolute Gasteiger partial charge is 0.466 e. The van der Waals surface area contributed by atoms with Gasteiger partial charge in [0.1, 0.15) is 11.6 Å². The number of fused-ring (bicyclic) bond motifs is 1. The molecule has 0 aliphatic heterocycles. The molecule has 0 aliphatic carbocycles. The van der Waals surface area contributed by atoms with Crippen molar-refractivity contribution in [2.24, 2.45) is 12.5 Å². The summed E-state index contributed by atoms with van der Waals surface area (Å²) >= 11 is 5.34. The Kier molecular flexibility index (Phi) is 12.8. The van der Waals surface area contributed by atoms with Crippen molar-refractivity contribution >= 4 is 44.6 Å². The Morgan fingerprint density at radius 1 is 1.06 bits per heavy atom. The molecule has 272 valence electrons. The van der Waals surface area contributed by atoms with Gasteiger partial charge in [0, 0.05) is 52.8 Å². The number of carbonyl (C=O) groups is 1. The number of halogens is 3. The van der Waals surface area contributed by atoms with Crippen LogP contribution in [0.25, 0.3) is 22.3 Å². The number of hydrogen-bond acceptors (Lipinski definition) is 6. The number of ether oxygens (including phenoxy) is 1. The van der Waals surface area contributed by atoms with Gasteiger partial charge in [-0.05, 0) is 101 Å². The van der Waals surface area contributed by atoms with Gasteiger partial charge in [0.25, 0.3) is 0 Å². The Morgan fingerprint density at radius 3 is 2.63 bits per heavy atom. The van der Waals surface area contributed by atoms with E-state index in [1.165, 1.54) is 12.1 Å². The maximum absolute atomic E-state index is 15.6. The summed E-state index contributed by atoms with van der Waals surface area (Å²) in [6.45, 7) is 8.95. The van der Waals surface area contributed by atoms with E-state index in [9.17, 15) is 9.90 Å². The molecule has 3 aromatic carbocycles. The number of H-pyrrole nitrogens is 1. The predicted molar refractivity (Wildman–Crippen MR) is 205 cm³/mol. The Bertz CT molecular complexity index is 1980. The lowest BCUT2D eigenvalue weighted by atomic mass is 9.75. The molecule has 1 atom stereocenters. The van der Waals surface area contributed by atoms with E-state index in [2.05, 4.69) is 53.8 Å². The minimum Gasteiger partial charge on any atom is -0.466 e. The van der Waals surface area contributed by atoms with Gasteiger partial charge in [-0.3, -0.25) is 4.79 Å². The minimum absolute atomic E-state index is 0.0641. The fourth-order valence-corrected chi connectivity index (χ4v) is 8.23. The highest BCUT2D eigenvalue weighted by Gasteiger charge is 2.35. The van der Waals surface area contributed by atoms with E-state index < -0.39 is 11.2 Å². The molecule has 5 rings (SSSR count). The minimum atomic E-state index is -0.627. The third kappa shape index (κ3) is 9.28. The van der Waals surface area contributed by atoms with E-state index in [-0.39, 0.29) is 36.7 Å². The molecule has 2 N–H and O–H groups in total. The number of carbonyl (C=O) groups excluding carboxylic acids is 1. The summed E-state index contributed by atoms with van der Waals surface area (Å²) < 4.78 is 38.3. The van der Waals surface area contributed by atoms with E-state index in [1.54, 1.807) is 48.7 Å². The monoisotopic (exact) mass is 780 g/mol. The Balaban J connectivity index is 1.48. The summed E-state index contributed by atoms with van der Waals surface area (Å²) in [6.07, 6.45) is 5.45. The zero-order valence-corrected chi connectivity index (χ0v) is 32.4. The normalized spacial score (nSPS) is 13.1. The number of aryl methyl sites for hydroxylation is 2. The average molecular weight is 782 g/mol. The highest BCUT2D eigenvalue weighted by molar-refractivity contribution is 9.10. The summed E-state index contributed by atoms with van der Waals surface area (Å²) in [5.41, 5.74) is 3.69. The molecule has 0 aliphatic rings. The highest BCUT2D eigenvalue weighted by Crippen LogP contribution is 2.39. The van der Waals surface area contributed by atoms with Gasteiger partial charge in [0.2, 0.25) is 0 Å². The van der Waals surface area contributed by atoms with Crippen LogP contribution in [0.15, 0.2) is 65.3 Å². The van der Waals surface area contributed by atoms with Gasteiger partial charge in [0.15, 0.2) is 11.6 Å². The first-order valence-corrected chi connectivity index (χ1v) is 19.4. The maximum Gasteiger partial charge on any atom is 0.306 e. The predicted octanol–water partition coefficient (Wildman–Crippen LogP) is 9.32. The van der Waals surface area contributed by atoms with Crippen LogP contribution >= 0.6 is 27.7 Å². The quantitative estimate of drug-likeness (QED) is 0.0722. The Morgan fingerprint density at radius 2 is 1.86 bits per heavy atom. The molecular weight excluding hydrogens is 734 g/mol. The molecule has 0 saturated carbocycles. The average Bonchev–Trinajstić information content (AvgIpc) is 3.73. The first-order chi connectivity index (χ1) is 24.3. The SMILES string of the molecule is CCOC(=O)CCc1cccc(C(C)(CCCC(C)(C)CSCCO)c2nc(-c3cc(Cc4c(F)cc5[nH]ccc5c4Br)ccc3F)n(C)n2)c1. The number of aromatic amines is 1. The number of rotatable bonds is 17. The molecule has 5 aromatic rings. The number of aliphatic hydroxyl groups excluding tert-OH is 1. The van der Waals surface area contributed by atoms with E-state index >= 15 is 8.78 Å². The zero-order chi connectivity index (χ0) is 36.8. The molecule has 0 amide bonds. The van der Waals surface area contributed by atoms with Crippen LogP contribution in [-0.4, -0.2) is 55.5 Å². The van der Waals surface area contributed by atoms with E-state index in [0.29, 0.717) is 51.5 Å². The van der Waals surface area contributed by atoms with Crippen molar-refractivity contribution in [1.29, 1.82) is 0 Å². The number of nitrogens with one attached hydrogen (secondary N) is 1. The molecule has 51 heavy (non-hydrogen) atoms. The number of nitrogens with zero attached hydrogens (tertiary/aromatic N) is 3. The third-order valence-electron chi connectivity index (χ3n) is 9.49. The van der Waals surface area contributed by atoms with Crippen LogP contribution in [0.4, 0.5) is 8.78 Å². The second kappa shape index (κ2) is 16.9. The lowest BCUT2D eigenvalue weighted by Gasteiger charge is -2.30. The lowest BCUT2D eigenvalue weighted by molar-refractivity contribution is -0.143. The van der Waals surface area contributed by atoms with Gasteiger partial charge in [0.05, 0.1) is 24.2 Å². The summed E-state index contributed by atoms with van der Waals surface area (Å²) in [5.74, 6) is 1.60. The van der Waals surface area contributed by atoms with Crippen LogP contribution in [0.5, 0.6) is 0 Å². The van der Waals surface area contributed by atoms with Crippen molar-refractivity contribution < 1.29 is 23.4 Å². The summed E-state index contributed by atoms with van der Waals surface area (Å²) in [5, 5.41) is 15.1. The second-order valence-electron chi connectivity index (χ2n) is 14.1. The lowest BCUT2D eigenvalue weighted by Crippen LogP contribution is -2.27. The molecule has 2 heterocycles. The van der Waals surface area contributed by atoms with E-state index in [4.69, 9.17) is 14.8 Å². The van der Waals surface area contributed by atoms with E-state index in [1.807, 2.05) is 18.2 Å². The maximum atomic E-state index is 15.6. The van der Waals surface area contributed by atoms with Crippen molar-refractivity contribution in [3.05, 3.63) is 105 Å². The van der Waals surface area contributed by atoms with Gasteiger partial charge in [-0.1, -0.05) is 50.6 Å². The number of thioether (sulfide) groups is 1. The first-order valence-electron chi connectivity index (χ1n) is 17.4. The molecular formula is C40H47BrF2N4O3S. The van der Waals surface area contributed by atoms with Crippen LogP contribution in [0, 0.1) is 17.0 Å².